The molecule has 0 bridgehead atoms. The highest BCUT2D eigenvalue weighted by Crippen LogP contribution is 2.17. The third-order valence-electron chi connectivity index (χ3n) is 3.00. The second-order valence-corrected chi connectivity index (χ2v) is 3.93. The van der Waals surface area contributed by atoms with Crippen molar-refractivity contribution in [3.63, 3.8) is 0 Å². The van der Waals surface area contributed by atoms with Gasteiger partial charge in [0.15, 0.2) is 0 Å². The third kappa shape index (κ3) is 3.56. The zero-order chi connectivity index (χ0) is 11.1. The van der Waals surface area contributed by atoms with Crippen LogP contribution in [0.15, 0.2) is 30.3 Å². The number of para-hydroxylation sites is 1. The summed E-state index contributed by atoms with van der Waals surface area (Å²) in [5.74, 6) is 0.662. The van der Waals surface area contributed by atoms with E-state index >= 15 is 0 Å². The van der Waals surface area contributed by atoms with Crippen molar-refractivity contribution in [1.29, 1.82) is 0 Å². The van der Waals surface area contributed by atoms with Gasteiger partial charge in [-0.05, 0) is 18.1 Å². The molecular formula is C13H22N2. The largest absolute Gasteiger partial charge is 0.381 e. The highest BCUT2D eigenvalue weighted by Gasteiger charge is 2.16. The first-order valence-electron chi connectivity index (χ1n) is 5.83. The summed E-state index contributed by atoms with van der Waals surface area (Å²) in [5.41, 5.74) is 6.98. The number of anilines is 1. The number of nitrogens with two attached hydrogens (primary N) is 1. The SMILES string of the molecule is CCC(CC)C(CN)Nc1ccccc1. The number of benzene rings is 1. The molecule has 0 fully saturated rings. The average Bonchev–Trinajstić information content (AvgIpc) is 2.30. The standard InChI is InChI=1S/C13H22N2/c1-3-11(4-2)13(10-14)15-12-8-6-5-7-9-12/h5-9,11,13,15H,3-4,10,14H2,1-2H3. The van der Waals surface area contributed by atoms with Crippen LogP contribution in [0.25, 0.3) is 0 Å². The Bertz CT molecular complexity index is 254. The third-order valence-corrected chi connectivity index (χ3v) is 3.00. The minimum atomic E-state index is 0.391. The number of rotatable bonds is 6. The lowest BCUT2D eigenvalue weighted by Gasteiger charge is -2.26. The molecule has 2 heteroatoms. The lowest BCUT2D eigenvalue weighted by atomic mass is 9.94. The summed E-state index contributed by atoms with van der Waals surface area (Å²) >= 11 is 0. The van der Waals surface area contributed by atoms with Crippen LogP contribution in [-0.4, -0.2) is 12.6 Å². The molecule has 1 rings (SSSR count). The van der Waals surface area contributed by atoms with Crippen molar-refractivity contribution in [3.05, 3.63) is 30.3 Å². The van der Waals surface area contributed by atoms with Crippen molar-refractivity contribution >= 4 is 5.69 Å². The molecule has 1 unspecified atom stereocenters. The maximum absolute atomic E-state index is 5.81. The van der Waals surface area contributed by atoms with E-state index in [-0.39, 0.29) is 0 Å². The van der Waals surface area contributed by atoms with Crippen LogP contribution in [0.3, 0.4) is 0 Å². The molecule has 1 aromatic carbocycles. The van der Waals surface area contributed by atoms with Gasteiger partial charge in [-0.25, -0.2) is 0 Å². The summed E-state index contributed by atoms with van der Waals surface area (Å²) in [6, 6.07) is 10.7. The van der Waals surface area contributed by atoms with E-state index in [9.17, 15) is 0 Å². The van der Waals surface area contributed by atoms with E-state index in [0.29, 0.717) is 18.5 Å². The fourth-order valence-corrected chi connectivity index (χ4v) is 1.98. The van der Waals surface area contributed by atoms with Gasteiger partial charge >= 0.3 is 0 Å². The first kappa shape index (κ1) is 12.1. The van der Waals surface area contributed by atoms with Crippen LogP contribution in [0.2, 0.25) is 0 Å². The first-order chi connectivity index (χ1) is 7.31. The second kappa shape index (κ2) is 6.46. The Balaban J connectivity index is 2.61. The van der Waals surface area contributed by atoms with Gasteiger partial charge in [-0.1, -0.05) is 44.9 Å². The van der Waals surface area contributed by atoms with Gasteiger partial charge in [-0.2, -0.15) is 0 Å². The fraction of sp³-hybridized carbons (Fsp3) is 0.538. The topological polar surface area (TPSA) is 38.0 Å². The highest BCUT2D eigenvalue weighted by molar-refractivity contribution is 5.43. The summed E-state index contributed by atoms with van der Waals surface area (Å²) in [6.07, 6.45) is 2.36. The average molecular weight is 206 g/mol. The van der Waals surface area contributed by atoms with Gasteiger partial charge in [-0.15, -0.1) is 0 Å². The maximum atomic E-state index is 5.81. The molecule has 2 nitrogen and oxygen atoms in total. The predicted octanol–water partition coefficient (Wildman–Crippen LogP) is 2.86. The summed E-state index contributed by atoms with van der Waals surface area (Å²) in [7, 11) is 0. The van der Waals surface area contributed by atoms with Gasteiger partial charge < -0.3 is 11.1 Å². The summed E-state index contributed by atoms with van der Waals surface area (Å²) < 4.78 is 0. The molecule has 0 saturated carbocycles. The molecular weight excluding hydrogens is 184 g/mol. The molecule has 0 aliphatic carbocycles. The Hall–Kier alpha value is -1.02. The zero-order valence-electron chi connectivity index (χ0n) is 9.74. The molecule has 0 aromatic heterocycles. The Morgan fingerprint density at radius 1 is 1.13 bits per heavy atom. The van der Waals surface area contributed by atoms with Crippen molar-refractivity contribution in [2.75, 3.05) is 11.9 Å². The van der Waals surface area contributed by atoms with Crippen LogP contribution in [0.5, 0.6) is 0 Å². The summed E-state index contributed by atoms with van der Waals surface area (Å²) in [4.78, 5) is 0. The van der Waals surface area contributed by atoms with Gasteiger partial charge in [0.1, 0.15) is 0 Å². The number of nitrogens with one attached hydrogen (secondary N) is 1. The first-order valence-corrected chi connectivity index (χ1v) is 5.83. The van der Waals surface area contributed by atoms with E-state index in [0.717, 1.165) is 0 Å². The number of hydrogen-bond acceptors (Lipinski definition) is 2. The lowest BCUT2D eigenvalue weighted by molar-refractivity contribution is 0.422. The van der Waals surface area contributed by atoms with E-state index < -0.39 is 0 Å². The van der Waals surface area contributed by atoms with E-state index in [1.807, 2.05) is 18.2 Å². The van der Waals surface area contributed by atoms with E-state index in [1.54, 1.807) is 0 Å². The molecule has 1 aromatic rings. The molecule has 1 atom stereocenters. The van der Waals surface area contributed by atoms with Crippen molar-refractivity contribution in [3.8, 4) is 0 Å². The molecule has 0 aliphatic rings. The predicted molar refractivity (Wildman–Crippen MR) is 67.0 cm³/mol. The smallest absolute Gasteiger partial charge is 0.0411 e. The van der Waals surface area contributed by atoms with Crippen LogP contribution in [0.1, 0.15) is 26.7 Å². The van der Waals surface area contributed by atoms with Crippen molar-refractivity contribution in [1.82, 2.24) is 0 Å². The van der Waals surface area contributed by atoms with Gasteiger partial charge in [0.25, 0.3) is 0 Å². The molecule has 0 amide bonds. The minimum Gasteiger partial charge on any atom is -0.381 e. The van der Waals surface area contributed by atoms with Crippen molar-refractivity contribution in [2.45, 2.75) is 32.7 Å². The fourth-order valence-electron chi connectivity index (χ4n) is 1.98. The van der Waals surface area contributed by atoms with Crippen LogP contribution in [-0.2, 0) is 0 Å². The van der Waals surface area contributed by atoms with Crippen LogP contribution < -0.4 is 11.1 Å². The van der Waals surface area contributed by atoms with Crippen molar-refractivity contribution < 1.29 is 0 Å². The molecule has 0 heterocycles. The quantitative estimate of drug-likeness (QED) is 0.751. The monoisotopic (exact) mass is 206 g/mol. The Morgan fingerprint density at radius 2 is 1.73 bits per heavy atom. The Morgan fingerprint density at radius 3 is 2.20 bits per heavy atom. The van der Waals surface area contributed by atoms with E-state index in [2.05, 4.69) is 31.3 Å². The molecule has 3 N–H and O–H groups in total. The van der Waals surface area contributed by atoms with Crippen LogP contribution >= 0.6 is 0 Å². The van der Waals surface area contributed by atoms with E-state index in [4.69, 9.17) is 5.73 Å². The second-order valence-electron chi connectivity index (χ2n) is 3.93. The van der Waals surface area contributed by atoms with Gasteiger partial charge in [0.2, 0.25) is 0 Å². The summed E-state index contributed by atoms with van der Waals surface area (Å²) in [5, 5.41) is 3.51. The van der Waals surface area contributed by atoms with Crippen LogP contribution in [0, 0.1) is 5.92 Å². The van der Waals surface area contributed by atoms with Gasteiger partial charge in [0, 0.05) is 18.3 Å². The molecule has 0 radical (unpaired) electrons. The van der Waals surface area contributed by atoms with Crippen molar-refractivity contribution in [2.24, 2.45) is 11.7 Å². The number of hydrogen-bond donors (Lipinski definition) is 2. The van der Waals surface area contributed by atoms with Gasteiger partial charge in [-0.3, -0.25) is 0 Å². The molecule has 0 aliphatic heterocycles. The summed E-state index contributed by atoms with van der Waals surface area (Å²) in [6.45, 7) is 5.15. The van der Waals surface area contributed by atoms with Gasteiger partial charge in [0.05, 0.1) is 0 Å². The van der Waals surface area contributed by atoms with Crippen LogP contribution in [0.4, 0.5) is 5.69 Å². The van der Waals surface area contributed by atoms with E-state index in [1.165, 1.54) is 18.5 Å². The molecule has 15 heavy (non-hydrogen) atoms. The normalized spacial score (nSPS) is 12.8. The Labute approximate surface area is 92.9 Å². The zero-order valence-corrected chi connectivity index (χ0v) is 9.74. The minimum absolute atomic E-state index is 0.391. The highest BCUT2D eigenvalue weighted by atomic mass is 14.9. The maximum Gasteiger partial charge on any atom is 0.0411 e. The molecule has 0 spiro atoms. The molecule has 0 saturated heterocycles. The Kier molecular flexibility index (Phi) is 5.19. The lowest BCUT2D eigenvalue weighted by Crippen LogP contribution is -2.35. The molecule has 84 valence electrons.